The molecule has 0 unspecified atom stereocenters. The van der Waals surface area contributed by atoms with Crippen molar-refractivity contribution in [3.8, 4) is 22.9 Å². The summed E-state index contributed by atoms with van der Waals surface area (Å²) in [6.07, 6.45) is 0. The van der Waals surface area contributed by atoms with Crippen LogP contribution in [0.3, 0.4) is 0 Å². The summed E-state index contributed by atoms with van der Waals surface area (Å²) in [5.74, 6) is 0.395. The van der Waals surface area contributed by atoms with Gasteiger partial charge in [0.1, 0.15) is 0 Å². The zero-order chi connectivity index (χ0) is 13.9. The van der Waals surface area contributed by atoms with Crippen LogP contribution in [0.4, 0.5) is 0 Å². The Kier molecular flexibility index (Phi) is 3.01. The minimum atomic E-state index is -0.466. The van der Waals surface area contributed by atoms with Crippen molar-refractivity contribution in [3.63, 3.8) is 0 Å². The Morgan fingerprint density at radius 2 is 1.40 bits per heavy atom. The topological polar surface area (TPSA) is 82.0 Å². The Morgan fingerprint density at radius 3 is 1.95 bits per heavy atom. The molecule has 0 spiro atoms. The van der Waals surface area contributed by atoms with E-state index in [2.05, 4.69) is 10.2 Å². The highest BCUT2D eigenvalue weighted by Crippen LogP contribution is 2.23. The first-order valence-electron chi connectivity index (χ1n) is 6.03. The highest BCUT2D eigenvalue weighted by Gasteiger charge is 2.10. The van der Waals surface area contributed by atoms with Crippen LogP contribution in [0.15, 0.2) is 59.0 Å². The van der Waals surface area contributed by atoms with E-state index in [4.69, 9.17) is 10.2 Å². The normalized spacial score (nSPS) is 10.4. The van der Waals surface area contributed by atoms with E-state index in [-0.39, 0.29) is 0 Å². The quantitative estimate of drug-likeness (QED) is 0.788. The molecule has 0 atom stereocenters. The van der Waals surface area contributed by atoms with Gasteiger partial charge in [-0.1, -0.05) is 18.2 Å². The molecule has 3 aromatic rings. The van der Waals surface area contributed by atoms with E-state index in [0.717, 1.165) is 11.1 Å². The lowest BCUT2D eigenvalue weighted by molar-refractivity contribution is 0.100. The maximum Gasteiger partial charge on any atom is 0.248 e. The molecule has 3 rings (SSSR count). The van der Waals surface area contributed by atoms with Gasteiger partial charge >= 0.3 is 0 Å². The summed E-state index contributed by atoms with van der Waals surface area (Å²) in [5, 5.41) is 8.02. The molecule has 1 heterocycles. The molecule has 2 aromatic carbocycles. The van der Waals surface area contributed by atoms with Crippen LogP contribution < -0.4 is 5.73 Å². The zero-order valence-electron chi connectivity index (χ0n) is 10.5. The summed E-state index contributed by atoms with van der Waals surface area (Å²) in [6.45, 7) is 0. The fourth-order valence-corrected chi connectivity index (χ4v) is 1.81. The van der Waals surface area contributed by atoms with Crippen LogP contribution in [0.5, 0.6) is 0 Å². The molecule has 0 bridgehead atoms. The van der Waals surface area contributed by atoms with Crippen LogP contribution >= 0.6 is 0 Å². The molecule has 0 aliphatic carbocycles. The lowest BCUT2D eigenvalue weighted by atomic mass is 10.1. The molecule has 20 heavy (non-hydrogen) atoms. The van der Waals surface area contributed by atoms with Crippen molar-refractivity contribution in [2.75, 3.05) is 0 Å². The third kappa shape index (κ3) is 2.29. The van der Waals surface area contributed by atoms with E-state index in [1.54, 1.807) is 24.3 Å². The summed E-state index contributed by atoms with van der Waals surface area (Å²) in [7, 11) is 0. The number of primary amides is 1. The van der Waals surface area contributed by atoms with Crippen LogP contribution in [0.25, 0.3) is 22.9 Å². The average molecular weight is 265 g/mol. The van der Waals surface area contributed by atoms with Gasteiger partial charge in [0.05, 0.1) is 0 Å². The molecule has 0 saturated carbocycles. The molecule has 5 nitrogen and oxygen atoms in total. The van der Waals surface area contributed by atoms with E-state index in [1.807, 2.05) is 30.3 Å². The van der Waals surface area contributed by atoms with Crippen molar-refractivity contribution in [2.24, 2.45) is 5.73 Å². The number of carbonyl (C=O) groups is 1. The predicted molar refractivity (Wildman–Crippen MR) is 73.7 cm³/mol. The van der Waals surface area contributed by atoms with Gasteiger partial charge in [-0.25, -0.2) is 0 Å². The van der Waals surface area contributed by atoms with E-state index >= 15 is 0 Å². The van der Waals surface area contributed by atoms with Crippen molar-refractivity contribution in [1.82, 2.24) is 10.2 Å². The number of rotatable bonds is 3. The number of nitrogens with zero attached hydrogens (tertiary/aromatic N) is 2. The van der Waals surface area contributed by atoms with Crippen LogP contribution in [-0.4, -0.2) is 16.1 Å². The van der Waals surface area contributed by atoms with Gasteiger partial charge in [0.2, 0.25) is 17.7 Å². The van der Waals surface area contributed by atoms with E-state index in [1.165, 1.54) is 0 Å². The monoisotopic (exact) mass is 265 g/mol. The molecule has 1 aromatic heterocycles. The summed E-state index contributed by atoms with van der Waals surface area (Å²) >= 11 is 0. The van der Waals surface area contributed by atoms with Gasteiger partial charge in [-0.05, 0) is 36.4 Å². The third-order valence-corrected chi connectivity index (χ3v) is 2.86. The van der Waals surface area contributed by atoms with Crippen LogP contribution in [0.1, 0.15) is 10.4 Å². The number of hydrogen-bond donors (Lipinski definition) is 1. The molecule has 0 aliphatic rings. The van der Waals surface area contributed by atoms with Gasteiger partial charge in [0.15, 0.2) is 0 Å². The standard InChI is InChI=1S/C15H11N3O2/c16-13(19)10-6-8-12(9-7-10)15-18-17-14(20-15)11-4-2-1-3-5-11/h1-9H,(H2,16,19). The van der Waals surface area contributed by atoms with Crippen molar-refractivity contribution in [1.29, 1.82) is 0 Å². The molecule has 98 valence electrons. The number of amides is 1. The van der Waals surface area contributed by atoms with Gasteiger partial charge in [-0.15, -0.1) is 10.2 Å². The zero-order valence-corrected chi connectivity index (χ0v) is 10.5. The maximum absolute atomic E-state index is 11.0. The van der Waals surface area contributed by atoms with Crippen molar-refractivity contribution in [2.45, 2.75) is 0 Å². The highest BCUT2D eigenvalue weighted by atomic mass is 16.4. The first-order valence-corrected chi connectivity index (χ1v) is 6.03. The van der Waals surface area contributed by atoms with E-state index < -0.39 is 5.91 Å². The van der Waals surface area contributed by atoms with Crippen LogP contribution in [0, 0.1) is 0 Å². The predicted octanol–water partition coefficient (Wildman–Crippen LogP) is 2.50. The second-order valence-electron chi connectivity index (χ2n) is 4.22. The Balaban J connectivity index is 1.92. The molecule has 0 saturated heterocycles. The van der Waals surface area contributed by atoms with Gasteiger partial charge in [-0.2, -0.15) is 0 Å². The first-order chi connectivity index (χ1) is 9.74. The molecule has 0 aliphatic heterocycles. The summed E-state index contributed by atoms with van der Waals surface area (Å²) in [4.78, 5) is 11.0. The smallest absolute Gasteiger partial charge is 0.248 e. The summed E-state index contributed by atoms with van der Waals surface area (Å²) in [6, 6.07) is 16.2. The SMILES string of the molecule is NC(=O)c1ccc(-c2nnc(-c3ccccc3)o2)cc1. The lowest BCUT2D eigenvalue weighted by Gasteiger charge is -1.97. The molecule has 2 N–H and O–H groups in total. The van der Waals surface area contributed by atoms with Crippen molar-refractivity contribution >= 4 is 5.91 Å². The highest BCUT2D eigenvalue weighted by molar-refractivity contribution is 5.93. The van der Waals surface area contributed by atoms with Gasteiger partial charge in [-0.3, -0.25) is 4.79 Å². The number of carbonyl (C=O) groups excluding carboxylic acids is 1. The van der Waals surface area contributed by atoms with Gasteiger partial charge < -0.3 is 10.2 Å². The van der Waals surface area contributed by atoms with Gasteiger partial charge in [0.25, 0.3) is 0 Å². The number of aromatic nitrogens is 2. The summed E-state index contributed by atoms with van der Waals surface area (Å²) < 4.78 is 5.62. The fraction of sp³-hybridized carbons (Fsp3) is 0. The minimum Gasteiger partial charge on any atom is -0.416 e. The number of benzene rings is 2. The third-order valence-electron chi connectivity index (χ3n) is 2.86. The Morgan fingerprint density at radius 1 is 0.850 bits per heavy atom. The molecule has 0 radical (unpaired) electrons. The van der Waals surface area contributed by atoms with Crippen LogP contribution in [-0.2, 0) is 0 Å². The molecule has 1 amide bonds. The molecular weight excluding hydrogens is 254 g/mol. The van der Waals surface area contributed by atoms with Crippen molar-refractivity contribution < 1.29 is 9.21 Å². The average Bonchev–Trinajstić information content (AvgIpc) is 2.98. The molecular formula is C15H11N3O2. The maximum atomic E-state index is 11.0. The Hall–Kier alpha value is -2.95. The second kappa shape index (κ2) is 4.97. The largest absolute Gasteiger partial charge is 0.416 e. The Bertz CT molecular complexity index is 733. The lowest BCUT2D eigenvalue weighted by Crippen LogP contribution is -2.10. The van der Waals surface area contributed by atoms with Gasteiger partial charge in [0, 0.05) is 16.7 Å². The minimum absolute atomic E-state index is 0.403. The first kappa shape index (κ1) is 12.1. The van der Waals surface area contributed by atoms with Crippen molar-refractivity contribution in [3.05, 3.63) is 60.2 Å². The molecule has 0 fully saturated rings. The Labute approximate surface area is 115 Å². The molecule has 5 heteroatoms. The fourth-order valence-electron chi connectivity index (χ4n) is 1.81. The van der Waals surface area contributed by atoms with Crippen LogP contribution in [0.2, 0.25) is 0 Å². The second-order valence-corrected chi connectivity index (χ2v) is 4.22. The number of hydrogen-bond acceptors (Lipinski definition) is 4. The van der Waals surface area contributed by atoms with E-state index in [9.17, 15) is 4.79 Å². The number of nitrogens with two attached hydrogens (primary N) is 1. The van der Waals surface area contributed by atoms with E-state index in [0.29, 0.717) is 17.3 Å². The summed E-state index contributed by atoms with van der Waals surface area (Å²) in [5.41, 5.74) is 7.24.